The fourth-order valence-corrected chi connectivity index (χ4v) is 6.09. The summed E-state index contributed by atoms with van der Waals surface area (Å²) in [6.07, 6.45) is 6.52. The minimum Gasteiger partial charge on any atom is -0.393 e. The number of allylic oxidation sites excluding steroid dienone is 2. The standard InChI is InChI=1S/C28H42N2O2/c1-18(16-26(32)29-21-10-12-22(13-11-21)30(6)7)8-14-23-19(2)9-15-24-27(23)20(3)17-25(31)28(24,4)5/h10-13,16,20,23-25,27,31H,2,8-9,14-15,17H2,1,3-7H3,(H,29,32). The number of nitrogens with one attached hydrogen (secondary N) is 1. The number of aliphatic hydroxyl groups excluding tert-OH is 1. The van der Waals surface area contributed by atoms with Crippen molar-refractivity contribution >= 4 is 17.3 Å². The number of amides is 1. The van der Waals surface area contributed by atoms with Crippen LogP contribution in [0.1, 0.15) is 59.8 Å². The van der Waals surface area contributed by atoms with Gasteiger partial charge in [0, 0.05) is 31.5 Å². The van der Waals surface area contributed by atoms with E-state index < -0.39 is 0 Å². The SMILES string of the molecule is C=C1CCC2C(C(C)CC(O)C2(C)C)C1CCC(C)=CC(=O)Nc1ccc(N(C)C)cc1. The quantitative estimate of drug-likeness (QED) is 0.420. The fourth-order valence-electron chi connectivity index (χ4n) is 6.09. The molecule has 3 rings (SSSR count). The average Bonchev–Trinajstić information content (AvgIpc) is 2.71. The van der Waals surface area contributed by atoms with Gasteiger partial charge in [-0.2, -0.15) is 0 Å². The summed E-state index contributed by atoms with van der Waals surface area (Å²) in [5.74, 6) is 2.01. The number of nitrogens with zero attached hydrogens (tertiary/aromatic N) is 1. The van der Waals surface area contributed by atoms with Crippen LogP contribution in [0.25, 0.3) is 0 Å². The maximum atomic E-state index is 12.5. The van der Waals surface area contributed by atoms with Gasteiger partial charge in [0.2, 0.25) is 5.91 Å². The first-order chi connectivity index (χ1) is 15.0. The highest BCUT2D eigenvalue weighted by Crippen LogP contribution is 2.56. The molecule has 0 aromatic heterocycles. The van der Waals surface area contributed by atoms with Crippen LogP contribution in [0, 0.1) is 29.1 Å². The van der Waals surface area contributed by atoms with Gasteiger partial charge >= 0.3 is 0 Å². The van der Waals surface area contributed by atoms with Gasteiger partial charge in [-0.05, 0) is 92.4 Å². The largest absolute Gasteiger partial charge is 0.393 e. The van der Waals surface area contributed by atoms with Gasteiger partial charge in [0.15, 0.2) is 0 Å². The van der Waals surface area contributed by atoms with Crippen LogP contribution >= 0.6 is 0 Å². The Kier molecular flexibility index (Phi) is 7.54. The number of benzene rings is 1. The lowest BCUT2D eigenvalue weighted by molar-refractivity contribution is -0.112. The minimum absolute atomic E-state index is 0.0387. The first-order valence-electron chi connectivity index (χ1n) is 12.1. The van der Waals surface area contributed by atoms with E-state index >= 15 is 0 Å². The van der Waals surface area contributed by atoms with Crippen molar-refractivity contribution in [3.05, 3.63) is 48.1 Å². The molecule has 1 aromatic carbocycles. The summed E-state index contributed by atoms with van der Waals surface area (Å²) in [6, 6.07) is 7.87. The molecule has 5 atom stereocenters. The average molecular weight is 439 g/mol. The van der Waals surface area contributed by atoms with E-state index in [1.807, 2.05) is 43.3 Å². The molecule has 2 fully saturated rings. The lowest BCUT2D eigenvalue weighted by Gasteiger charge is -2.55. The third-order valence-corrected chi connectivity index (χ3v) is 8.18. The molecular weight excluding hydrogens is 396 g/mol. The molecule has 0 heterocycles. The maximum Gasteiger partial charge on any atom is 0.248 e. The Balaban J connectivity index is 1.62. The summed E-state index contributed by atoms with van der Waals surface area (Å²) < 4.78 is 0. The Hall–Kier alpha value is -2.07. The zero-order chi connectivity index (χ0) is 23.6. The number of carbonyl (C=O) groups is 1. The molecule has 176 valence electrons. The van der Waals surface area contributed by atoms with E-state index in [4.69, 9.17) is 0 Å². The number of rotatable bonds is 6. The first kappa shape index (κ1) is 24.6. The van der Waals surface area contributed by atoms with Crippen molar-refractivity contribution in [3.63, 3.8) is 0 Å². The second-order valence-corrected chi connectivity index (χ2v) is 11.0. The van der Waals surface area contributed by atoms with Gasteiger partial charge in [-0.25, -0.2) is 0 Å². The Labute approximate surface area is 194 Å². The molecule has 0 bridgehead atoms. The zero-order valence-electron chi connectivity index (χ0n) is 20.8. The third-order valence-electron chi connectivity index (χ3n) is 8.18. The minimum atomic E-state index is -0.220. The van der Waals surface area contributed by atoms with Gasteiger partial charge < -0.3 is 15.3 Å². The van der Waals surface area contributed by atoms with Crippen LogP contribution in [0.2, 0.25) is 0 Å². The third kappa shape index (κ3) is 5.28. The molecule has 32 heavy (non-hydrogen) atoms. The number of hydrogen-bond donors (Lipinski definition) is 2. The summed E-state index contributed by atoms with van der Waals surface area (Å²) >= 11 is 0. The maximum absolute atomic E-state index is 12.5. The molecule has 4 nitrogen and oxygen atoms in total. The van der Waals surface area contributed by atoms with Crippen molar-refractivity contribution in [2.75, 3.05) is 24.3 Å². The monoisotopic (exact) mass is 438 g/mol. The molecule has 1 aromatic rings. The second kappa shape index (κ2) is 9.82. The topological polar surface area (TPSA) is 52.6 Å². The fraction of sp³-hybridized carbons (Fsp3) is 0.607. The van der Waals surface area contributed by atoms with E-state index in [2.05, 4.69) is 39.6 Å². The lowest BCUT2D eigenvalue weighted by Crippen LogP contribution is -2.52. The number of aliphatic hydroxyl groups is 1. The van der Waals surface area contributed by atoms with Crippen molar-refractivity contribution in [1.82, 2.24) is 0 Å². The van der Waals surface area contributed by atoms with Gasteiger partial charge in [0.1, 0.15) is 0 Å². The van der Waals surface area contributed by atoms with E-state index in [0.717, 1.165) is 49.1 Å². The molecule has 0 radical (unpaired) electrons. The van der Waals surface area contributed by atoms with Crippen LogP contribution in [0.15, 0.2) is 48.1 Å². The Bertz CT molecular complexity index is 853. The van der Waals surface area contributed by atoms with E-state index in [-0.39, 0.29) is 17.4 Å². The highest BCUT2D eigenvalue weighted by molar-refractivity contribution is 5.99. The Morgan fingerprint density at radius 1 is 1.28 bits per heavy atom. The summed E-state index contributed by atoms with van der Waals surface area (Å²) in [5.41, 5.74) is 4.34. The van der Waals surface area contributed by atoms with Crippen molar-refractivity contribution < 1.29 is 9.90 Å². The molecule has 2 saturated carbocycles. The molecule has 2 aliphatic rings. The number of anilines is 2. The van der Waals surface area contributed by atoms with Crippen LogP contribution in [0.3, 0.4) is 0 Å². The highest BCUT2D eigenvalue weighted by Gasteiger charge is 2.51. The summed E-state index contributed by atoms with van der Waals surface area (Å²) in [5, 5.41) is 13.7. The summed E-state index contributed by atoms with van der Waals surface area (Å²) in [6.45, 7) is 13.3. The number of hydrogen-bond acceptors (Lipinski definition) is 3. The molecule has 0 spiro atoms. The van der Waals surface area contributed by atoms with E-state index in [0.29, 0.717) is 23.7 Å². The molecule has 2 aliphatic carbocycles. The van der Waals surface area contributed by atoms with Crippen molar-refractivity contribution in [3.8, 4) is 0 Å². The van der Waals surface area contributed by atoms with Crippen molar-refractivity contribution in [2.24, 2.45) is 29.1 Å². The predicted octanol–water partition coefficient (Wildman–Crippen LogP) is 6.04. The molecule has 0 aliphatic heterocycles. The van der Waals surface area contributed by atoms with Crippen LogP contribution in [0.5, 0.6) is 0 Å². The van der Waals surface area contributed by atoms with E-state index in [1.165, 1.54) is 5.57 Å². The van der Waals surface area contributed by atoms with Gasteiger partial charge in [0.25, 0.3) is 0 Å². The molecule has 5 unspecified atom stereocenters. The van der Waals surface area contributed by atoms with Gasteiger partial charge in [-0.15, -0.1) is 0 Å². The predicted molar refractivity (Wildman–Crippen MR) is 135 cm³/mol. The smallest absolute Gasteiger partial charge is 0.248 e. The van der Waals surface area contributed by atoms with Crippen LogP contribution in [-0.2, 0) is 4.79 Å². The van der Waals surface area contributed by atoms with Gasteiger partial charge in [-0.3, -0.25) is 4.79 Å². The summed E-state index contributed by atoms with van der Waals surface area (Å²) in [4.78, 5) is 14.6. The zero-order valence-corrected chi connectivity index (χ0v) is 20.8. The Morgan fingerprint density at radius 2 is 1.94 bits per heavy atom. The molecule has 4 heteroatoms. The summed E-state index contributed by atoms with van der Waals surface area (Å²) in [7, 11) is 4.00. The number of carbonyl (C=O) groups excluding carboxylic acids is 1. The molecule has 1 amide bonds. The first-order valence-corrected chi connectivity index (χ1v) is 12.1. The lowest BCUT2D eigenvalue weighted by atomic mass is 9.50. The van der Waals surface area contributed by atoms with Crippen LogP contribution in [0.4, 0.5) is 11.4 Å². The van der Waals surface area contributed by atoms with Gasteiger partial charge in [0.05, 0.1) is 6.10 Å². The van der Waals surface area contributed by atoms with Crippen LogP contribution in [-0.4, -0.2) is 31.2 Å². The Morgan fingerprint density at radius 3 is 2.56 bits per heavy atom. The van der Waals surface area contributed by atoms with Gasteiger partial charge in [-0.1, -0.05) is 38.5 Å². The molecular formula is C28H42N2O2. The molecule has 2 N–H and O–H groups in total. The number of fused-ring (bicyclic) bond motifs is 1. The van der Waals surface area contributed by atoms with E-state index in [1.54, 1.807) is 6.08 Å². The van der Waals surface area contributed by atoms with Crippen LogP contribution < -0.4 is 10.2 Å². The second-order valence-electron chi connectivity index (χ2n) is 11.0. The molecule has 0 saturated heterocycles. The van der Waals surface area contributed by atoms with Crippen molar-refractivity contribution in [1.29, 1.82) is 0 Å². The normalized spacial score (nSPS) is 29.9. The van der Waals surface area contributed by atoms with Crippen molar-refractivity contribution in [2.45, 2.75) is 65.9 Å². The van der Waals surface area contributed by atoms with E-state index in [9.17, 15) is 9.90 Å². The highest BCUT2D eigenvalue weighted by atomic mass is 16.3.